The second-order valence-electron chi connectivity index (χ2n) is 7.34. The van der Waals surface area contributed by atoms with Crippen molar-refractivity contribution in [1.29, 1.82) is 0 Å². The molecule has 0 radical (unpaired) electrons. The van der Waals surface area contributed by atoms with Gasteiger partial charge in [0.1, 0.15) is 11.4 Å². The average molecular weight is 386 g/mol. The number of hydrogen-bond acceptors (Lipinski definition) is 6. The Bertz CT molecular complexity index is 784. The summed E-state index contributed by atoms with van der Waals surface area (Å²) < 4.78 is 5.89. The number of H-pyrrole nitrogens is 1. The second kappa shape index (κ2) is 10.7. The first-order valence-corrected chi connectivity index (χ1v) is 10.2. The zero-order valence-corrected chi connectivity index (χ0v) is 16.5. The highest BCUT2D eigenvalue weighted by Gasteiger charge is 2.09. The van der Waals surface area contributed by atoms with Crippen LogP contribution in [-0.4, -0.2) is 41.1 Å². The van der Waals surface area contributed by atoms with Crippen LogP contribution in [0.25, 0.3) is 0 Å². The van der Waals surface area contributed by atoms with E-state index in [0.29, 0.717) is 19.1 Å². The highest BCUT2D eigenvalue weighted by atomic mass is 16.5. The third-order valence-corrected chi connectivity index (χ3v) is 4.96. The molecule has 0 unspecified atom stereocenters. The van der Waals surface area contributed by atoms with Gasteiger partial charge in [0.2, 0.25) is 5.95 Å². The fourth-order valence-electron chi connectivity index (χ4n) is 3.43. The third kappa shape index (κ3) is 6.56. The molecule has 1 aliphatic rings. The zero-order valence-electron chi connectivity index (χ0n) is 16.5. The molecule has 1 aliphatic heterocycles. The smallest absolute Gasteiger partial charge is 0.275 e. The maximum absolute atomic E-state index is 11.4. The van der Waals surface area contributed by atoms with Crippen LogP contribution in [0.3, 0.4) is 0 Å². The minimum Gasteiger partial charge on any atom is -0.494 e. The number of anilines is 2. The molecule has 0 bridgehead atoms. The summed E-state index contributed by atoms with van der Waals surface area (Å²) in [5, 5.41) is 3.07. The summed E-state index contributed by atoms with van der Waals surface area (Å²) in [5.41, 5.74) is 6.55. The van der Waals surface area contributed by atoms with Crippen molar-refractivity contribution in [2.45, 2.75) is 45.1 Å². The molecule has 0 saturated carbocycles. The molecule has 0 aliphatic carbocycles. The minimum atomic E-state index is -0.328. The van der Waals surface area contributed by atoms with Gasteiger partial charge in [0.15, 0.2) is 0 Å². The number of ether oxygens (including phenoxy) is 1. The van der Waals surface area contributed by atoms with Crippen molar-refractivity contribution in [1.82, 2.24) is 14.9 Å². The van der Waals surface area contributed by atoms with Gasteiger partial charge in [0.25, 0.3) is 5.56 Å². The van der Waals surface area contributed by atoms with E-state index in [0.717, 1.165) is 18.7 Å². The van der Waals surface area contributed by atoms with Crippen LogP contribution in [0.15, 0.2) is 35.3 Å². The number of benzene rings is 1. The molecule has 28 heavy (non-hydrogen) atoms. The Morgan fingerprint density at radius 3 is 2.75 bits per heavy atom. The quantitative estimate of drug-likeness (QED) is 0.605. The number of nitrogens with two attached hydrogens (primary N) is 1. The van der Waals surface area contributed by atoms with Crippen LogP contribution in [-0.2, 0) is 6.54 Å². The van der Waals surface area contributed by atoms with Gasteiger partial charge in [0, 0.05) is 13.1 Å². The molecule has 2 heterocycles. The summed E-state index contributed by atoms with van der Waals surface area (Å²) in [6, 6.07) is 8.39. The van der Waals surface area contributed by atoms with E-state index in [1.807, 2.05) is 6.07 Å². The largest absolute Gasteiger partial charge is 0.494 e. The first kappa shape index (κ1) is 20.2. The summed E-state index contributed by atoms with van der Waals surface area (Å²) in [5.74, 6) is 1.33. The summed E-state index contributed by atoms with van der Waals surface area (Å²) >= 11 is 0. The lowest BCUT2D eigenvalue weighted by Gasteiger charge is -2.24. The predicted octanol–water partition coefficient (Wildman–Crippen LogP) is 3.00. The molecule has 1 saturated heterocycles. The van der Waals surface area contributed by atoms with Crippen molar-refractivity contribution in [3.05, 3.63) is 46.4 Å². The SMILES string of the molecule is Nc1cnc(NCCCOc2cccc(CN3CCCCCCC3)c2)[nH]c1=O. The maximum Gasteiger partial charge on any atom is 0.275 e. The van der Waals surface area contributed by atoms with Crippen LogP contribution >= 0.6 is 0 Å². The van der Waals surface area contributed by atoms with Crippen molar-refractivity contribution >= 4 is 11.6 Å². The molecule has 0 spiro atoms. The number of likely N-dealkylation sites (tertiary alicyclic amines) is 1. The fourth-order valence-corrected chi connectivity index (χ4v) is 3.43. The van der Waals surface area contributed by atoms with Gasteiger partial charge in [-0.1, -0.05) is 31.4 Å². The van der Waals surface area contributed by atoms with Crippen molar-refractivity contribution in [3.63, 3.8) is 0 Å². The van der Waals surface area contributed by atoms with Crippen molar-refractivity contribution in [2.75, 3.05) is 37.3 Å². The van der Waals surface area contributed by atoms with E-state index in [4.69, 9.17) is 10.5 Å². The lowest BCUT2D eigenvalue weighted by molar-refractivity contribution is 0.239. The molecule has 1 fully saturated rings. The maximum atomic E-state index is 11.4. The van der Waals surface area contributed by atoms with Gasteiger partial charge in [-0.3, -0.25) is 14.7 Å². The first-order chi connectivity index (χ1) is 13.7. The Kier molecular flexibility index (Phi) is 7.72. The van der Waals surface area contributed by atoms with E-state index >= 15 is 0 Å². The highest BCUT2D eigenvalue weighted by molar-refractivity contribution is 5.35. The van der Waals surface area contributed by atoms with Gasteiger partial charge in [-0.2, -0.15) is 0 Å². The molecule has 152 valence electrons. The van der Waals surface area contributed by atoms with E-state index in [1.165, 1.54) is 57.0 Å². The summed E-state index contributed by atoms with van der Waals surface area (Å²) in [4.78, 5) is 20.6. The van der Waals surface area contributed by atoms with Crippen molar-refractivity contribution in [3.8, 4) is 5.75 Å². The number of aromatic amines is 1. The number of nitrogen functional groups attached to an aromatic ring is 1. The number of rotatable bonds is 8. The number of nitrogens with zero attached hydrogens (tertiary/aromatic N) is 2. The lowest BCUT2D eigenvalue weighted by Crippen LogP contribution is -2.26. The molecular formula is C21H31N5O2. The van der Waals surface area contributed by atoms with Crippen LogP contribution in [0.2, 0.25) is 0 Å². The lowest BCUT2D eigenvalue weighted by atomic mass is 10.1. The van der Waals surface area contributed by atoms with Crippen molar-refractivity contribution < 1.29 is 4.74 Å². The molecule has 0 atom stereocenters. The van der Waals surface area contributed by atoms with Crippen LogP contribution in [0.4, 0.5) is 11.6 Å². The van der Waals surface area contributed by atoms with Crippen LogP contribution in [0.1, 0.15) is 44.1 Å². The Labute approximate surface area is 166 Å². The number of hydrogen-bond donors (Lipinski definition) is 3. The Balaban J connectivity index is 1.40. The Hall–Kier alpha value is -2.54. The highest BCUT2D eigenvalue weighted by Crippen LogP contribution is 2.17. The Morgan fingerprint density at radius 1 is 1.18 bits per heavy atom. The van der Waals surface area contributed by atoms with E-state index < -0.39 is 0 Å². The first-order valence-electron chi connectivity index (χ1n) is 10.2. The third-order valence-electron chi connectivity index (χ3n) is 4.96. The number of nitrogens with one attached hydrogen (secondary N) is 2. The molecule has 7 heteroatoms. The molecule has 4 N–H and O–H groups in total. The normalized spacial score (nSPS) is 15.6. The minimum absolute atomic E-state index is 0.115. The van der Waals surface area contributed by atoms with Gasteiger partial charge in [-0.05, 0) is 50.0 Å². The van der Waals surface area contributed by atoms with E-state index in [9.17, 15) is 4.79 Å². The summed E-state index contributed by atoms with van der Waals surface area (Å²) in [7, 11) is 0. The Morgan fingerprint density at radius 2 is 1.96 bits per heavy atom. The molecule has 0 amide bonds. The van der Waals surface area contributed by atoms with Gasteiger partial charge in [-0.25, -0.2) is 4.98 Å². The van der Waals surface area contributed by atoms with Gasteiger partial charge in [-0.15, -0.1) is 0 Å². The average Bonchev–Trinajstić information content (AvgIpc) is 2.67. The molecular weight excluding hydrogens is 354 g/mol. The molecule has 2 aromatic rings. The molecule has 1 aromatic carbocycles. The number of aromatic nitrogens is 2. The topological polar surface area (TPSA) is 96.3 Å². The van der Waals surface area contributed by atoms with E-state index in [1.54, 1.807) is 0 Å². The molecule has 1 aromatic heterocycles. The van der Waals surface area contributed by atoms with Gasteiger partial charge >= 0.3 is 0 Å². The van der Waals surface area contributed by atoms with E-state index in [-0.39, 0.29) is 11.2 Å². The van der Waals surface area contributed by atoms with Crippen molar-refractivity contribution in [2.24, 2.45) is 0 Å². The second-order valence-corrected chi connectivity index (χ2v) is 7.34. The zero-order chi connectivity index (χ0) is 19.6. The predicted molar refractivity (Wildman–Crippen MR) is 113 cm³/mol. The van der Waals surface area contributed by atoms with Crippen LogP contribution in [0, 0.1) is 0 Å². The van der Waals surface area contributed by atoms with Crippen LogP contribution in [0.5, 0.6) is 5.75 Å². The standard InChI is InChI=1S/C21H31N5O2/c22-19-15-24-21(25-20(19)27)23-10-7-13-28-18-9-6-8-17(14-18)16-26-11-4-2-1-3-5-12-26/h6,8-9,14-15H,1-5,7,10-13,16,22H2,(H2,23,24,25,27). The van der Waals surface area contributed by atoms with E-state index in [2.05, 4.69) is 38.4 Å². The molecule has 7 nitrogen and oxygen atoms in total. The summed E-state index contributed by atoms with van der Waals surface area (Å²) in [6.07, 6.45) is 8.85. The molecule has 3 rings (SSSR count). The van der Waals surface area contributed by atoms with Gasteiger partial charge < -0.3 is 15.8 Å². The summed E-state index contributed by atoms with van der Waals surface area (Å²) in [6.45, 7) is 4.63. The van der Waals surface area contributed by atoms with Gasteiger partial charge in [0.05, 0.1) is 12.8 Å². The monoisotopic (exact) mass is 385 g/mol. The van der Waals surface area contributed by atoms with Crippen LogP contribution < -0.4 is 21.3 Å². The fraction of sp³-hybridized carbons (Fsp3) is 0.524.